The number of hydrogen-bond donors (Lipinski definition) is 2. The average molecular weight is 483 g/mol. The van der Waals surface area contributed by atoms with Crippen LogP contribution in [0.25, 0.3) is 0 Å². The van der Waals surface area contributed by atoms with Crippen LogP contribution in [0.1, 0.15) is 5.56 Å². The predicted octanol–water partition coefficient (Wildman–Crippen LogP) is 5.61. The lowest BCUT2D eigenvalue weighted by atomic mass is 10.2. The fourth-order valence-corrected chi connectivity index (χ4v) is 3.23. The van der Waals surface area contributed by atoms with E-state index in [1.807, 2.05) is 19.1 Å². The third-order valence-electron chi connectivity index (χ3n) is 2.96. The molecule has 0 saturated heterocycles. The molecule has 0 bridgehead atoms. The molecule has 0 aromatic heterocycles. The molecule has 0 aliphatic carbocycles. The number of anilines is 1. The van der Waals surface area contributed by atoms with Crippen molar-refractivity contribution in [3.05, 3.63) is 55.4 Å². The molecule has 25 heavy (non-hydrogen) atoms. The Bertz CT molecular complexity index is 833. The molecule has 1 amide bonds. The number of amides is 1. The molecule has 0 aliphatic heterocycles. The molecule has 9 heteroatoms. The van der Waals surface area contributed by atoms with Crippen molar-refractivity contribution in [2.45, 2.75) is 6.92 Å². The molecule has 4 nitrogen and oxygen atoms in total. The Labute approximate surface area is 173 Å². The monoisotopic (exact) mass is 480 g/mol. The number of halogens is 4. The molecule has 0 atom stereocenters. The van der Waals surface area contributed by atoms with Crippen LogP contribution in [-0.2, 0) is 4.79 Å². The maximum absolute atomic E-state index is 11.9. The van der Waals surface area contributed by atoms with Crippen LogP contribution in [0.3, 0.4) is 0 Å². The molecule has 0 unspecified atom stereocenters. The number of thiocarbonyl (C=S) groups is 1. The number of carbonyl (C=O) groups excluding carboxylic acids is 1. The summed E-state index contributed by atoms with van der Waals surface area (Å²) < 4.78 is 6.22. The third-order valence-corrected chi connectivity index (χ3v) is 4.82. The summed E-state index contributed by atoms with van der Waals surface area (Å²) in [5.41, 5.74) is 1.51. The second-order valence-corrected chi connectivity index (χ2v) is 7.46. The SMILES string of the molecule is Cc1ccc(OCC(=O)NC(=S)Nc2cc(Cl)c(Cl)cc2Cl)c(Br)c1. The maximum atomic E-state index is 11.9. The molecule has 0 fully saturated rings. The minimum Gasteiger partial charge on any atom is -0.483 e. The highest BCUT2D eigenvalue weighted by Crippen LogP contribution is 2.32. The molecule has 0 aliphatic rings. The van der Waals surface area contributed by atoms with Gasteiger partial charge in [-0.05, 0) is 64.9 Å². The van der Waals surface area contributed by atoms with E-state index in [-0.39, 0.29) is 11.7 Å². The zero-order chi connectivity index (χ0) is 18.6. The first kappa shape index (κ1) is 20.3. The van der Waals surface area contributed by atoms with Crippen LogP contribution in [0.4, 0.5) is 5.69 Å². The van der Waals surface area contributed by atoms with E-state index < -0.39 is 5.91 Å². The van der Waals surface area contributed by atoms with Crippen LogP contribution in [0.5, 0.6) is 5.75 Å². The van der Waals surface area contributed by atoms with Gasteiger partial charge < -0.3 is 10.1 Å². The summed E-state index contributed by atoms with van der Waals surface area (Å²) in [5.74, 6) is 0.147. The van der Waals surface area contributed by atoms with Crippen LogP contribution in [-0.4, -0.2) is 17.6 Å². The second-order valence-electron chi connectivity index (χ2n) is 4.97. The fraction of sp³-hybridized carbons (Fsp3) is 0.125. The lowest BCUT2D eigenvalue weighted by molar-refractivity contribution is -0.121. The number of rotatable bonds is 4. The van der Waals surface area contributed by atoms with Gasteiger partial charge in [0, 0.05) is 0 Å². The van der Waals surface area contributed by atoms with Crippen molar-refractivity contribution >= 4 is 79.7 Å². The van der Waals surface area contributed by atoms with Crippen molar-refractivity contribution in [1.82, 2.24) is 5.32 Å². The normalized spacial score (nSPS) is 10.3. The molecule has 2 aromatic rings. The van der Waals surface area contributed by atoms with Gasteiger partial charge in [0.15, 0.2) is 11.7 Å². The second kappa shape index (κ2) is 9.05. The summed E-state index contributed by atoms with van der Waals surface area (Å²) in [6.07, 6.45) is 0. The van der Waals surface area contributed by atoms with Gasteiger partial charge in [-0.15, -0.1) is 0 Å². The van der Waals surface area contributed by atoms with Gasteiger partial charge in [0.05, 0.1) is 25.2 Å². The molecule has 2 N–H and O–H groups in total. The molecule has 0 heterocycles. The van der Waals surface area contributed by atoms with Gasteiger partial charge in [-0.1, -0.05) is 40.9 Å². The number of carbonyl (C=O) groups is 1. The van der Waals surface area contributed by atoms with Crippen LogP contribution in [0.2, 0.25) is 15.1 Å². The van der Waals surface area contributed by atoms with Gasteiger partial charge in [0.2, 0.25) is 0 Å². The van der Waals surface area contributed by atoms with E-state index in [0.717, 1.165) is 10.0 Å². The number of hydrogen-bond acceptors (Lipinski definition) is 3. The number of nitrogens with one attached hydrogen (secondary N) is 2. The maximum Gasteiger partial charge on any atom is 0.264 e. The molecule has 2 aromatic carbocycles. The van der Waals surface area contributed by atoms with Gasteiger partial charge in [-0.3, -0.25) is 10.1 Å². The molecule has 132 valence electrons. The van der Waals surface area contributed by atoms with E-state index in [9.17, 15) is 4.79 Å². The summed E-state index contributed by atoms with van der Waals surface area (Å²) in [6.45, 7) is 1.76. The zero-order valence-corrected chi connectivity index (χ0v) is 17.5. The molecular formula is C16H12BrCl3N2O2S. The van der Waals surface area contributed by atoms with Crippen molar-refractivity contribution < 1.29 is 9.53 Å². The first-order valence-corrected chi connectivity index (χ1v) is 9.24. The molecule has 2 rings (SSSR count). The standard InChI is InChI=1S/C16H12BrCl3N2O2S/c1-8-2-3-14(9(17)4-8)24-7-15(23)22-16(25)21-13-6-11(19)10(18)5-12(13)20/h2-6H,7H2,1H3,(H2,21,22,23,25). The van der Waals surface area contributed by atoms with Gasteiger partial charge >= 0.3 is 0 Å². The summed E-state index contributed by atoms with van der Waals surface area (Å²) >= 11 is 26.3. The van der Waals surface area contributed by atoms with Crippen molar-refractivity contribution in [1.29, 1.82) is 0 Å². The topological polar surface area (TPSA) is 50.4 Å². The Morgan fingerprint density at radius 2 is 1.84 bits per heavy atom. The lowest BCUT2D eigenvalue weighted by Gasteiger charge is -2.13. The van der Waals surface area contributed by atoms with E-state index in [4.69, 9.17) is 51.8 Å². The minimum absolute atomic E-state index is 0.0665. The number of ether oxygens (including phenoxy) is 1. The Balaban J connectivity index is 1.90. The van der Waals surface area contributed by atoms with Crippen molar-refractivity contribution in [3.8, 4) is 5.75 Å². The average Bonchev–Trinajstić information content (AvgIpc) is 2.51. The molecule has 0 radical (unpaired) electrons. The largest absolute Gasteiger partial charge is 0.483 e. The molecular weight excluding hydrogens is 471 g/mol. The molecule has 0 spiro atoms. The quantitative estimate of drug-likeness (QED) is 0.439. The Morgan fingerprint density at radius 1 is 1.16 bits per heavy atom. The highest BCUT2D eigenvalue weighted by molar-refractivity contribution is 9.10. The summed E-state index contributed by atoms with van der Waals surface area (Å²) in [7, 11) is 0. The van der Waals surface area contributed by atoms with Crippen LogP contribution < -0.4 is 15.4 Å². The number of aryl methyl sites for hydroxylation is 1. The highest BCUT2D eigenvalue weighted by Gasteiger charge is 2.11. The van der Waals surface area contributed by atoms with Crippen molar-refractivity contribution in [2.75, 3.05) is 11.9 Å². The van der Waals surface area contributed by atoms with E-state index in [1.165, 1.54) is 12.1 Å². The third kappa shape index (κ3) is 6.01. The Morgan fingerprint density at radius 3 is 2.52 bits per heavy atom. The van der Waals surface area contributed by atoms with Gasteiger partial charge in [0.25, 0.3) is 5.91 Å². The van der Waals surface area contributed by atoms with E-state index in [2.05, 4.69) is 26.6 Å². The van der Waals surface area contributed by atoms with Crippen LogP contribution >= 0.6 is 63.0 Å². The predicted molar refractivity (Wildman–Crippen MR) is 110 cm³/mol. The Hall–Kier alpha value is -1.05. The zero-order valence-electron chi connectivity index (χ0n) is 12.8. The van der Waals surface area contributed by atoms with Crippen LogP contribution in [0.15, 0.2) is 34.8 Å². The first-order chi connectivity index (χ1) is 11.8. The van der Waals surface area contributed by atoms with E-state index in [0.29, 0.717) is 26.5 Å². The van der Waals surface area contributed by atoms with E-state index in [1.54, 1.807) is 6.07 Å². The minimum atomic E-state index is -0.416. The summed E-state index contributed by atoms with van der Waals surface area (Å²) in [5, 5.41) is 6.31. The molecule has 0 saturated carbocycles. The van der Waals surface area contributed by atoms with Crippen molar-refractivity contribution in [2.24, 2.45) is 0 Å². The smallest absolute Gasteiger partial charge is 0.264 e. The van der Waals surface area contributed by atoms with Crippen LogP contribution in [0, 0.1) is 6.92 Å². The Kier molecular flexibility index (Phi) is 7.34. The lowest BCUT2D eigenvalue weighted by Crippen LogP contribution is -2.37. The van der Waals surface area contributed by atoms with E-state index >= 15 is 0 Å². The van der Waals surface area contributed by atoms with Crippen molar-refractivity contribution in [3.63, 3.8) is 0 Å². The van der Waals surface area contributed by atoms with Gasteiger partial charge in [-0.2, -0.15) is 0 Å². The number of benzene rings is 2. The summed E-state index contributed by atoms with van der Waals surface area (Å²) in [4.78, 5) is 11.9. The van der Waals surface area contributed by atoms with Gasteiger partial charge in [-0.25, -0.2) is 0 Å². The fourth-order valence-electron chi connectivity index (χ4n) is 1.80. The first-order valence-electron chi connectivity index (χ1n) is 6.90. The highest BCUT2D eigenvalue weighted by atomic mass is 79.9. The van der Waals surface area contributed by atoms with Gasteiger partial charge in [0.1, 0.15) is 5.75 Å². The summed E-state index contributed by atoms with van der Waals surface area (Å²) in [6, 6.07) is 8.56.